The van der Waals surface area contributed by atoms with Crippen molar-refractivity contribution in [2.24, 2.45) is 5.92 Å². The first-order chi connectivity index (χ1) is 9.81. The SMILES string of the molecule is COCC#Cc1ccccc1NC(=O)C1CCCCC1. The van der Waals surface area contributed by atoms with Crippen molar-refractivity contribution in [3.63, 3.8) is 0 Å². The highest BCUT2D eigenvalue weighted by atomic mass is 16.5. The van der Waals surface area contributed by atoms with E-state index in [1.54, 1.807) is 7.11 Å². The van der Waals surface area contributed by atoms with Crippen LogP contribution >= 0.6 is 0 Å². The zero-order valence-corrected chi connectivity index (χ0v) is 11.9. The van der Waals surface area contributed by atoms with Crippen LogP contribution in [0.5, 0.6) is 0 Å². The van der Waals surface area contributed by atoms with Crippen LogP contribution < -0.4 is 5.32 Å². The highest BCUT2D eigenvalue weighted by molar-refractivity contribution is 5.93. The molecule has 0 spiro atoms. The minimum Gasteiger partial charge on any atom is -0.372 e. The van der Waals surface area contributed by atoms with Gasteiger partial charge in [-0.2, -0.15) is 0 Å². The van der Waals surface area contributed by atoms with E-state index in [9.17, 15) is 4.79 Å². The maximum absolute atomic E-state index is 12.3. The molecule has 1 aromatic rings. The van der Waals surface area contributed by atoms with Crippen LogP contribution in [0.4, 0.5) is 5.69 Å². The Hall–Kier alpha value is -1.79. The first-order valence-corrected chi connectivity index (χ1v) is 7.19. The van der Waals surface area contributed by atoms with E-state index in [0.717, 1.165) is 36.9 Å². The number of carbonyl (C=O) groups is 1. The summed E-state index contributed by atoms with van der Waals surface area (Å²) < 4.78 is 4.92. The second kappa shape index (κ2) is 7.72. The lowest BCUT2D eigenvalue weighted by Gasteiger charge is -2.21. The normalized spacial score (nSPS) is 15.2. The maximum Gasteiger partial charge on any atom is 0.227 e. The molecule has 2 rings (SSSR count). The Bertz CT molecular complexity index is 507. The largest absolute Gasteiger partial charge is 0.372 e. The van der Waals surface area contributed by atoms with Gasteiger partial charge in [0.15, 0.2) is 0 Å². The van der Waals surface area contributed by atoms with Gasteiger partial charge in [0.25, 0.3) is 0 Å². The molecule has 1 saturated carbocycles. The van der Waals surface area contributed by atoms with Gasteiger partial charge in [-0.25, -0.2) is 0 Å². The third-order valence-electron chi connectivity index (χ3n) is 3.60. The van der Waals surface area contributed by atoms with Crippen molar-refractivity contribution in [1.29, 1.82) is 0 Å². The van der Waals surface area contributed by atoms with E-state index in [1.165, 1.54) is 6.42 Å². The zero-order chi connectivity index (χ0) is 14.2. The van der Waals surface area contributed by atoms with Crippen LogP contribution in [0.2, 0.25) is 0 Å². The molecule has 106 valence electrons. The summed E-state index contributed by atoms with van der Waals surface area (Å²) in [6.45, 7) is 0.394. The Kier molecular flexibility index (Phi) is 5.64. The van der Waals surface area contributed by atoms with Crippen molar-refractivity contribution in [2.45, 2.75) is 32.1 Å². The second-order valence-electron chi connectivity index (χ2n) is 5.10. The van der Waals surface area contributed by atoms with E-state index < -0.39 is 0 Å². The molecule has 1 N–H and O–H groups in total. The van der Waals surface area contributed by atoms with Crippen molar-refractivity contribution >= 4 is 11.6 Å². The zero-order valence-electron chi connectivity index (χ0n) is 11.9. The Balaban J connectivity index is 2.05. The summed E-state index contributed by atoms with van der Waals surface area (Å²) in [5, 5.41) is 3.02. The summed E-state index contributed by atoms with van der Waals surface area (Å²) in [6.07, 6.45) is 5.58. The highest BCUT2D eigenvalue weighted by Gasteiger charge is 2.21. The van der Waals surface area contributed by atoms with Gasteiger partial charge in [0.1, 0.15) is 6.61 Å². The van der Waals surface area contributed by atoms with Crippen LogP contribution in [0.1, 0.15) is 37.7 Å². The fourth-order valence-electron chi connectivity index (χ4n) is 2.50. The topological polar surface area (TPSA) is 38.3 Å². The summed E-state index contributed by atoms with van der Waals surface area (Å²) in [5.41, 5.74) is 1.64. The van der Waals surface area contributed by atoms with Crippen LogP contribution in [0.3, 0.4) is 0 Å². The van der Waals surface area contributed by atoms with E-state index in [1.807, 2.05) is 24.3 Å². The number of hydrogen-bond acceptors (Lipinski definition) is 2. The molecule has 1 aliphatic carbocycles. The lowest BCUT2D eigenvalue weighted by molar-refractivity contribution is -0.120. The average molecular weight is 271 g/mol. The molecule has 1 amide bonds. The number of ether oxygens (including phenoxy) is 1. The third kappa shape index (κ3) is 4.11. The molecule has 0 saturated heterocycles. The fraction of sp³-hybridized carbons (Fsp3) is 0.471. The predicted octanol–water partition coefficient (Wildman–Crippen LogP) is 3.20. The first-order valence-electron chi connectivity index (χ1n) is 7.19. The van der Waals surface area contributed by atoms with Gasteiger partial charge in [-0.3, -0.25) is 4.79 Å². The van der Waals surface area contributed by atoms with Gasteiger partial charge in [0, 0.05) is 18.6 Å². The fourth-order valence-corrected chi connectivity index (χ4v) is 2.50. The van der Waals surface area contributed by atoms with Gasteiger partial charge in [-0.15, -0.1) is 0 Å². The van der Waals surface area contributed by atoms with Gasteiger partial charge in [0.2, 0.25) is 5.91 Å². The van der Waals surface area contributed by atoms with Gasteiger partial charge in [-0.05, 0) is 25.0 Å². The Morgan fingerprint density at radius 2 is 2.05 bits per heavy atom. The molecule has 1 aromatic carbocycles. The highest BCUT2D eigenvalue weighted by Crippen LogP contribution is 2.25. The van der Waals surface area contributed by atoms with Crippen molar-refractivity contribution in [3.05, 3.63) is 29.8 Å². The maximum atomic E-state index is 12.3. The molecule has 1 fully saturated rings. The van der Waals surface area contributed by atoms with Crippen molar-refractivity contribution in [3.8, 4) is 11.8 Å². The van der Waals surface area contributed by atoms with Crippen molar-refractivity contribution in [1.82, 2.24) is 0 Å². The standard InChI is InChI=1S/C17H21NO2/c1-20-13-7-11-14-8-5-6-12-16(14)18-17(19)15-9-3-2-4-10-15/h5-6,8,12,15H,2-4,9-10,13H2,1H3,(H,18,19). The lowest BCUT2D eigenvalue weighted by Crippen LogP contribution is -2.25. The molecule has 3 nitrogen and oxygen atoms in total. The number of rotatable bonds is 3. The average Bonchev–Trinajstić information content (AvgIpc) is 2.50. The predicted molar refractivity (Wildman–Crippen MR) is 80.4 cm³/mol. The van der Waals surface area contributed by atoms with Crippen LogP contribution in [-0.2, 0) is 9.53 Å². The van der Waals surface area contributed by atoms with Crippen LogP contribution in [0.25, 0.3) is 0 Å². The summed E-state index contributed by atoms with van der Waals surface area (Å²) in [6, 6.07) is 7.65. The van der Waals surface area contributed by atoms with Crippen molar-refractivity contribution in [2.75, 3.05) is 19.0 Å². The number of anilines is 1. The third-order valence-corrected chi connectivity index (χ3v) is 3.60. The van der Waals surface area contributed by atoms with Crippen molar-refractivity contribution < 1.29 is 9.53 Å². The van der Waals surface area contributed by atoms with E-state index in [0.29, 0.717) is 6.61 Å². The lowest BCUT2D eigenvalue weighted by atomic mass is 9.88. The van der Waals surface area contributed by atoms with Gasteiger partial charge < -0.3 is 10.1 Å². The van der Waals surface area contributed by atoms with Crippen LogP contribution in [-0.4, -0.2) is 19.6 Å². The number of para-hydroxylation sites is 1. The quantitative estimate of drug-likeness (QED) is 0.857. The number of nitrogens with one attached hydrogen (secondary N) is 1. The summed E-state index contributed by atoms with van der Waals surface area (Å²) in [7, 11) is 1.62. The molecule has 3 heteroatoms. The Labute approximate surface area is 120 Å². The van der Waals surface area contributed by atoms with Crippen LogP contribution in [0, 0.1) is 17.8 Å². The molecule has 0 radical (unpaired) electrons. The molecule has 0 aromatic heterocycles. The number of hydrogen-bond donors (Lipinski definition) is 1. The van der Waals surface area contributed by atoms with E-state index in [2.05, 4.69) is 17.2 Å². The number of methoxy groups -OCH3 is 1. The number of benzene rings is 1. The molecule has 20 heavy (non-hydrogen) atoms. The molecule has 0 bridgehead atoms. The van der Waals surface area contributed by atoms with E-state index >= 15 is 0 Å². The molecular weight excluding hydrogens is 250 g/mol. The molecule has 0 aliphatic heterocycles. The molecule has 0 atom stereocenters. The summed E-state index contributed by atoms with van der Waals surface area (Å²) in [5.74, 6) is 6.24. The van der Waals surface area contributed by atoms with Gasteiger partial charge >= 0.3 is 0 Å². The molecule has 1 aliphatic rings. The summed E-state index contributed by atoms with van der Waals surface area (Å²) >= 11 is 0. The number of carbonyl (C=O) groups excluding carboxylic acids is 1. The monoisotopic (exact) mass is 271 g/mol. The van der Waals surface area contributed by atoms with E-state index in [-0.39, 0.29) is 11.8 Å². The summed E-state index contributed by atoms with van der Waals surface area (Å²) in [4.78, 5) is 12.3. The molecular formula is C17H21NO2. The Morgan fingerprint density at radius 3 is 2.80 bits per heavy atom. The second-order valence-corrected chi connectivity index (χ2v) is 5.10. The smallest absolute Gasteiger partial charge is 0.227 e. The first kappa shape index (κ1) is 14.6. The van der Waals surface area contributed by atoms with Gasteiger partial charge in [0.05, 0.1) is 5.69 Å². The minimum absolute atomic E-state index is 0.130. The minimum atomic E-state index is 0.130. The van der Waals surface area contributed by atoms with E-state index in [4.69, 9.17) is 4.74 Å². The molecule has 0 unspecified atom stereocenters. The van der Waals surface area contributed by atoms with Crippen LogP contribution in [0.15, 0.2) is 24.3 Å². The van der Waals surface area contributed by atoms with Gasteiger partial charge in [-0.1, -0.05) is 43.2 Å². The molecule has 0 heterocycles. The Morgan fingerprint density at radius 1 is 1.30 bits per heavy atom. The number of amides is 1.